The van der Waals surface area contributed by atoms with E-state index in [-0.39, 0.29) is 0 Å². The highest BCUT2D eigenvalue weighted by atomic mass is 15.1. The van der Waals surface area contributed by atoms with Crippen LogP contribution < -0.4 is 11.1 Å². The van der Waals surface area contributed by atoms with Crippen LogP contribution in [-0.4, -0.2) is 44.2 Å². The Morgan fingerprint density at radius 1 is 1.31 bits per heavy atom. The van der Waals surface area contributed by atoms with E-state index in [9.17, 15) is 0 Å². The Kier molecular flexibility index (Phi) is 8.40. The minimum absolute atomic E-state index is 0.740. The van der Waals surface area contributed by atoms with Crippen LogP contribution >= 0.6 is 0 Å². The van der Waals surface area contributed by atoms with Gasteiger partial charge in [-0.2, -0.15) is 0 Å². The summed E-state index contributed by atoms with van der Waals surface area (Å²) in [6.45, 7) is 8.28. The highest BCUT2D eigenvalue weighted by Crippen LogP contribution is 2.08. The van der Waals surface area contributed by atoms with Gasteiger partial charge in [-0.1, -0.05) is 13.8 Å². The summed E-state index contributed by atoms with van der Waals surface area (Å²) in [4.78, 5) is 2.44. The lowest BCUT2D eigenvalue weighted by Gasteiger charge is -2.31. The van der Waals surface area contributed by atoms with E-state index in [4.69, 9.17) is 5.73 Å². The number of hydrogen-bond acceptors (Lipinski definition) is 3. The van der Waals surface area contributed by atoms with Gasteiger partial charge in [0.05, 0.1) is 0 Å². The van der Waals surface area contributed by atoms with Gasteiger partial charge in [0.1, 0.15) is 0 Å². The lowest BCUT2D eigenvalue weighted by atomic mass is 10.1. The zero-order valence-electron chi connectivity index (χ0n) is 9.34. The molecule has 13 heavy (non-hydrogen) atoms. The van der Waals surface area contributed by atoms with Gasteiger partial charge in [0.2, 0.25) is 0 Å². The van der Waals surface area contributed by atoms with Crippen molar-refractivity contribution in [2.45, 2.75) is 32.7 Å². The highest BCUT2D eigenvalue weighted by molar-refractivity contribution is 4.75. The minimum Gasteiger partial charge on any atom is -0.329 e. The molecule has 0 aromatic rings. The van der Waals surface area contributed by atoms with E-state index >= 15 is 0 Å². The number of nitrogens with zero attached hydrogens (tertiary/aromatic N) is 1. The van der Waals surface area contributed by atoms with Crippen molar-refractivity contribution < 1.29 is 0 Å². The summed E-state index contributed by atoms with van der Waals surface area (Å²) < 4.78 is 0. The van der Waals surface area contributed by atoms with Crippen LogP contribution in [0.15, 0.2) is 0 Å². The third-order valence-corrected chi connectivity index (χ3v) is 2.44. The summed E-state index contributed by atoms with van der Waals surface area (Å²) >= 11 is 0. The van der Waals surface area contributed by atoms with Crippen LogP contribution in [0.4, 0.5) is 0 Å². The molecule has 1 heterocycles. The van der Waals surface area contributed by atoms with E-state index in [1.54, 1.807) is 0 Å². The minimum atomic E-state index is 0.740. The Morgan fingerprint density at radius 3 is 2.23 bits per heavy atom. The van der Waals surface area contributed by atoms with Gasteiger partial charge in [0.15, 0.2) is 0 Å². The van der Waals surface area contributed by atoms with Gasteiger partial charge < -0.3 is 16.0 Å². The predicted octanol–water partition coefficient (Wildman–Crippen LogP) is 0.655. The second-order valence-corrected chi connectivity index (χ2v) is 3.19. The lowest BCUT2D eigenvalue weighted by molar-refractivity contribution is 0.207. The van der Waals surface area contributed by atoms with Gasteiger partial charge in [0, 0.05) is 19.1 Å². The van der Waals surface area contributed by atoms with Gasteiger partial charge in [-0.15, -0.1) is 0 Å². The maximum atomic E-state index is 5.47. The molecule has 1 saturated heterocycles. The van der Waals surface area contributed by atoms with E-state index < -0.39 is 0 Å². The first-order valence-electron chi connectivity index (χ1n) is 5.46. The van der Waals surface area contributed by atoms with Crippen LogP contribution in [0.1, 0.15) is 26.7 Å². The molecule has 0 spiro atoms. The van der Waals surface area contributed by atoms with Crippen LogP contribution in [0.3, 0.4) is 0 Å². The molecule has 0 aromatic carbocycles. The van der Waals surface area contributed by atoms with Crippen molar-refractivity contribution >= 4 is 0 Å². The molecular formula is C10H25N3. The maximum absolute atomic E-state index is 5.47. The Balaban J connectivity index is 0.000000671. The smallest absolute Gasteiger partial charge is 0.0105 e. The first-order valence-corrected chi connectivity index (χ1v) is 5.46. The number of rotatable bonds is 3. The molecule has 0 bridgehead atoms. The zero-order chi connectivity index (χ0) is 10.1. The topological polar surface area (TPSA) is 41.3 Å². The van der Waals surface area contributed by atoms with Crippen LogP contribution in [0.2, 0.25) is 0 Å². The number of nitrogens with two attached hydrogens (primary N) is 1. The van der Waals surface area contributed by atoms with Gasteiger partial charge >= 0.3 is 0 Å². The average Bonchev–Trinajstić information content (AvgIpc) is 2.23. The van der Waals surface area contributed by atoms with E-state index in [2.05, 4.69) is 10.2 Å². The Bertz CT molecular complexity index is 98.3. The summed E-state index contributed by atoms with van der Waals surface area (Å²) in [5.41, 5.74) is 5.47. The highest BCUT2D eigenvalue weighted by Gasteiger charge is 2.16. The molecule has 0 aliphatic carbocycles. The van der Waals surface area contributed by atoms with Gasteiger partial charge in [-0.05, 0) is 33.0 Å². The molecule has 1 rings (SSSR count). The van der Waals surface area contributed by atoms with Crippen LogP contribution in [-0.2, 0) is 0 Å². The molecule has 3 N–H and O–H groups in total. The Labute approximate surface area is 82.7 Å². The van der Waals surface area contributed by atoms with E-state index in [0.29, 0.717) is 0 Å². The van der Waals surface area contributed by atoms with Crippen LogP contribution in [0.25, 0.3) is 0 Å². The Morgan fingerprint density at radius 2 is 1.85 bits per heavy atom. The molecule has 1 aliphatic rings. The van der Waals surface area contributed by atoms with Crippen molar-refractivity contribution in [3.05, 3.63) is 0 Å². The van der Waals surface area contributed by atoms with Crippen LogP contribution in [0, 0.1) is 0 Å². The fourth-order valence-corrected chi connectivity index (χ4v) is 1.63. The lowest BCUT2D eigenvalue weighted by Crippen LogP contribution is -2.42. The second-order valence-electron chi connectivity index (χ2n) is 3.19. The first-order chi connectivity index (χ1) is 6.36. The SMILES string of the molecule is CC.CNC1CCN(CCN)CC1. The zero-order valence-corrected chi connectivity index (χ0v) is 9.34. The van der Waals surface area contributed by atoms with Crippen molar-refractivity contribution in [3.8, 4) is 0 Å². The predicted molar refractivity (Wildman–Crippen MR) is 58.9 cm³/mol. The molecular weight excluding hydrogens is 162 g/mol. The first kappa shape index (κ1) is 12.9. The molecule has 1 fully saturated rings. The fraction of sp³-hybridized carbons (Fsp3) is 1.00. The van der Waals surface area contributed by atoms with Gasteiger partial charge in [0.25, 0.3) is 0 Å². The van der Waals surface area contributed by atoms with E-state index in [0.717, 1.165) is 19.1 Å². The molecule has 1 aliphatic heterocycles. The third kappa shape index (κ3) is 5.24. The summed E-state index contributed by atoms with van der Waals surface area (Å²) in [6.07, 6.45) is 2.55. The summed E-state index contributed by atoms with van der Waals surface area (Å²) in [5.74, 6) is 0. The quantitative estimate of drug-likeness (QED) is 0.682. The maximum Gasteiger partial charge on any atom is 0.0105 e. The second kappa shape index (κ2) is 8.48. The fourth-order valence-electron chi connectivity index (χ4n) is 1.63. The number of piperidine rings is 1. The van der Waals surface area contributed by atoms with Crippen molar-refractivity contribution in [1.29, 1.82) is 0 Å². The van der Waals surface area contributed by atoms with Crippen LogP contribution in [0.5, 0.6) is 0 Å². The van der Waals surface area contributed by atoms with Gasteiger partial charge in [-0.3, -0.25) is 0 Å². The number of likely N-dealkylation sites (tertiary alicyclic amines) is 1. The molecule has 3 nitrogen and oxygen atoms in total. The molecule has 0 aromatic heterocycles. The van der Waals surface area contributed by atoms with Crippen molar-refractivity contribution in [2.24, 2.45) is 5.73 Å². The van der Waals surface area contributed by atoms with E-state index in [1.807, 2.05) is 20.9 Å². The molecule has 80 valence electrons. The van der Waals surface area contributed by atoms with Crippen molar-refractivity contribution in [1.82, 2.24) is 10.2 Å². The largest absolute Gasteiger partial charge is 0.329 e. The molecule has 0 unspecified atom stereocenters. The standard InChI is InChI=1S/C8H19N3.C2H6/c1-10-8-2-5-11(6-3-8)7-4-9;1-2/h8,10H,2-7,9H2,1H3;1-2H3. The van der Waals surface area contributed by atoms with Crippen molar-refractivity contribution in [3.63, 3.8) is 0 Å². The normalized spacial score (nSPS) is 19.4. The van der Waals surface area contributed by atoms with Crippen molar-refractivity contribution in [2.75, 3.05) is 33.2 Å². The number of hydrogen-bond donors (Lipinski definition) is 2. The van der Waals surface area contributed by atoms with E-state index in [1.165, 1.54) is 25.9 Å². The molecule has 0 saturated carbocycles. The number of nitrogens with one attached hydrogen (secondary N) is 1. The summed E-state index contributed by atoms with van der Waals surface area (Å²) in [5, 5.41) is 3.31. The summed E-state index contributed by atoms with van der Waals surface area (Å²) in [6, 6.07) is 0.740. The molecule has 0 amide bonds. The molecule has 0 radical (unpaired) electrons. The summed E-state index contributed by atoms with van der Waals surface area (Å²) in [7, 11) is 2.04. The molecule has 0 atom stereocenters. The van der Waals surface area contributed by atoms with Gasteiger partial charge in [-0.25, -0.2) is 0 Å². The molecule has 3 heteroatoms. The Hall–Kier alpha value is -0.120. The average molecular weight is 187 g/mol. The monoisotopic (exact) mass is 187 g/mol. The third-order valence-electron chi connectivity index (χ3n) is 2.44.